The summed E-state index contributed by atoms with van der Waals surface area (Å²) in [5, 5.41) is 3.40. The van der Waals surface area contributed by atoms with Crippen molar-refractivity contribution in [3.8, 4) is 0 Å². The van der Waals surface area contributed by atoms with Gasteiger partial charge in [-0.2, -0.15) is 0 Å². The van der Waals surface area contributed by atoms with E-state index in [1.165, 1.54) is 18.4 Å². The van der Waals surface area contributed by atoms with E-state index in [0.717, 1.165) is 16.1 Å². The molecule has 1 aromatic heterocycles. The smallest absolute Gasteiger partial charge is 0.207 e. The molecule has 0 spiro atoms. The number of nitrogens with one attached hydrogen (secondary N) is 1. The maximum atomic E-state index is 4.38. The summed E-state index contributed by atoms with van der Waals surface area (Å²) in [6, 6.07) is 6.87. The Morgan fingerprint density at radius 2 is 2.24 bits per heavy atom. The van der Waals surface area contributed by atoms with Gasteiger partial charge in [-0.25, -0.2) is 4.98 Å². The Labute approximate surface area is 109 Å². The molecule has 0 atom stereocenters. The van der Waals surface area contributed by atoms with Crippen molar-refractivity contribution in [3.05, 3.63) is 40.6 Å². The third kappa shape index (κ3) is 2.22. The lowest BCUT2D eigenvalue weighted by Gasteiger charge is -2.11. The minimum absolute atomic E-state index is 0.646. The summed E-state index contributed by atoms with van der Waals surface area (Å²) in [5.41, 5.74) is 2.33. The second kappa shape index (κ2) is 4.18. The highest BCUT2D eigenvalue weighted by atomic mass is 79.9. The topological polar surface area (TPSA) is 29.9 Å². The third-order valence-corrected chi connectivity index (χ3v) is 3.55. The van der Waals surface area contributed by atoms with Gasteiger partial charge in [-0.05, 0) is 37.5 Å². The molecule has 2 aromatic rings. The summed E-state index contributed by atoms with van der Waals surface area (Å²) in [6.07, 6.45) is 6.44. The predicted octanol–water partition coefficient (Wildman–Crippen LogP) is 4.03. The van der Waals surface area contributed by atoms with E-state index in [0.29, 0.717) is 6.04 Å². The summed E-state index contributed by atoms with van der Waals surface area (Å²) in [4.78, 5) is 4.38. The van der Waals surface area contributed by atoms with E-state index in [1.807, 2.05) is 18.5 Å². The minimum Gasteiger partial charge on any atom is -0.325 e. The Morgan fingerprint density at radius 1 is 1.41 bits per heavy atom. The molecular formula is C13H14BrN3. The van der Waals surface area contributed by atoms with Gasteiger partial charge < -0.3 is 9.88 Å². The van der Waals surface area contributed by atoms with Crippen LogP contribution in [0.5, 0.6) is 0 Å². The molecule has 17 heavy (non-hydrogen) atoms. The molecule has 0 aliphatic heterocycles. The molecule has 3 nitrogen and oxygen atoms in total. The number of aryl methyl sites for hydroxylation is 1. The quantitative estimate of drug-likeness (QED) is 0.925. The summed E-state index contributed by atoms with van der Waals surface area (Å²) in [5.74, 6) is 0.939. The SMILES string of the molecule is Cc1ccc(Br)cc1Nc1nccn1C1CC1. The van der Waals surface area contributed by atoms with Crippen LogP contribution in [0.3, 0.4) is 0 Å². The van der Waals surface area contributed by atoms with E-state index >= 15 is 0 Å². The fraction of sp³-hybridized carbons (Fsp3) is 0.308. The number of imidazole rings is 1. The van der Waals surface area contributed by atoms with Crippen molar-refractivity contribution in [1.82, 2.24) is 9.55 Å². The highest BCUT2D eigenvalue weighted by molar-refractivity contribution is 9.10. The van der Waals surface area contributed by atoms with Gasteiger partial charge in [0.25, 0.3) is 0 Å². The Morgan fingerprint density at radius 3 is 3.00 bits per heavy atom. The highest BCUT2D eigenvalue weighted by Crippen LogP contribution is 2.37. The average molecular weight is 292 g/mol. The first-order chi connectivity index (χ1) is 8.24. The molecule has 0 radical (unpaired) electrons. The monoisotopic (exact) mass is 291 g/mol. The molecule has 1 N–H and O–H groups in total. The molecule has 0 unspecified atom stereocenters. The van der Waals surface area contributed by atoms with Gasteiger partial charge in [0.05, 0.1) is 0 Å². The zero-order chi connectivity index (χ0) is 11.8. The number of anilines is 2. The number of benzene rings is 1. The van der Waals surface area contributed by atoms with Crippen molar-refractivity contribution in [3.63, 3.8) is 0 Å². The van der Waals surface area contributed by atoms with E-state index in [-0.39, 0.29) is 0 Å². The molecule has 0 amide bonds. The lowest BCUT2D eigenvalue weighted by molar-refractivity contribution is 0.751. The zero-order valence-electron chi connectivity index (χ0n) is 9.65. The predicted molar refractivity (Wildman–Crippen MR) is 72.7 cm³/mol. The number of nitrogens with zero attached hydrogens (tertiary/aromatic N) is 2. The van der Waals surface area contributed by atoms with Crippen LogP contribution >= 0.6 is 15.9 Å². The van der Waals surface area contributed by atoms with Gasteiger partial charge in [-0.3, -0.25) is 0 Å². The third-order valence-electron chi connectivity index (χ3n) is 3.06. The van der Waals surface area contributed by atoms with Gasteiger partial charge in [-0.15, -0.1) is 0 Å². The molecule has 1 aliphatic rings. The molecule has 1 fully saturated rings. The van der Waals surface area contributed by atoms with Crippen molar-refractivity contribution in [2.24, 2.45) is 0 Å². The van der Waals surface area contributed by atoms with Crippen LogP contribution in [0.4, 0.5) is 11.6 Å². The summed E-state index contributed by atoms with van der Waals surface area (Å²) in [6.45, 7) is 2.10. The van der Waals surface area contributed by atoms with Gasteiger partial charge in [0.1, 0.15) is 0 Å². The molecule has 1 saturated carbocycles. The maximum Gasteiger partial charge on any atom is 0.207 e. The number of hydrogen-bond donors (Lipinski definition) is 1. The molecule has 4 heteroatoms. The van der Waals surface area contributed by atoms with E-state index in [2.05, 4.69) is 49.9 Å². The van der Waals surface area contributed by atoms with E-state index in [1.54, 1.807) is 0 Å². The Kier molecular flexibility index (Phi) is 2.67. The zero-order valence-corrected chi connectivity index (χ0v) is 11.2. The van der Waals surface area contributed by atoms with Gasteiger partial charge in [-0.1, -0.05) is 22.0 Å². The van der Waals surface area contributed by atoms with Crippen molar-refractivity contribution in [1.29, 1.82) is 0 Å². The first kappa shape index (κ1) is 10.8. The fourth-order valence-corrected chi connectivity index (χ4v) is 2.27. The van der Waals surface area contributed by atoms with Crippen molar-refractivity contribution in [2.75, 3.05) is 5.32 Å². The van der Waals surface area contributed by atoms with E-state index < -0.39 is 0 Å². The summed E-state index contributed by atoms with van der Waals surface area (Å²) >= 11 is 3.49. The lowest BCUT2D eigenvalue weighted by atomic mass is 10.2. The van der Waals surface area contributed by atoms with E-state index in [9.17, 15) is 0 Å². The first-order valence-corrected chi connectivity index (χ1v) is 6.59. The Balaban J connectivity index is 1.90. The standard InChI is InChI=1S/C13H14BrN3/c1-9-2-3-10(14)8-12(9)16-13-15-6-7-17(13)11-4-5-11/h2-3,6-8,11H,4-5H2,1H3,(H,15,16). The molecule has 0 saturated heterocycles. The van der Waals surface area contributed by atoms with Gasteiger partial charge in [0.15, 0.2) is 0 Å². The molecule has 88 valence electrons. The van der Waals surface area contributed by atoms with Crippen molar-refractivity contribution >= 4 is 27.6 Å². The lowest BCUT2D eigenvalue weighted by Crippen LogP contribution is -2.02. The van der Waals surface area contributed by atoms with Crippen LogP contribution in [-0.2, 0) is 0 Å². The van der Waals surface area contributed by atoms with Crippen LogP contribution in [-0.4, -0.2) is 9.55 Å². The average Bonchev–Trinajstić information content (AvgIpc) is 3.05. The number of aromatic nitrogens is 2. The largest absolute Gasteiger partial charge is 0.325 e. The van der Waals surface area contributed by atoms with Crippen molar-refractivity contribution < 1.29 is 0 Å². The molecule has 1 aliphatic carbocycles. The normalized spacial score (nSPS) is 14.9. The van der Waals surface area contributed by atoms with Crippen LogP contribution in [0.25, 0.3) is 0 Å². The van der Waals surface area contributed by atoms with Crippen LogP contribution in [0.15, 0.2) is 35.1 Å². The minimum atomic E-state index is 0.646. The van der Waals surface area contributed by atoms with E-state index in [4.69, 9.17) is 0 Å². The van der Waals surface area contributed by atoms with Crippen LogP contribution < -0.4 is 5.32 Å². The maximum absolute atomic E-state index is 4.38. The molecule has 1 heterocycles. The summed E-state index contributed by atoms with van der Waals surface area (Å²) < 4.78 is 3.30. The molecular weight excluding hydrogens is 278 g/mol. The Bertz CT molecular complexity index is 543. The van der Waals surface area contributed by atoms with Gasteiger partial charge in [0, 0.05) is 28.6 Å². The second-order valence-electron chi connectivity index (χ2n) is 4.47. The van der Waals surface area contributed by atoms with Crippen LogP contribution in [0.2, 0.25) is 0 Å². The number of rotatable bonds is 3. The second-order valence-corrected chi connectivity index (χ2v) is 5.39. The van der Waals surface area contributed by atoms with Gasteiger partial charge >= 0.3 is 0 Å². The van der Waals surface area contributed by atoms with Crippen molar-refractivity contribution in [2.45, 2.75) is 25.8 Å². The first-order valence-electron chi connectivity index (χ1n) is 5.80. The number of hydrogen-bond acceptors (Lipinski definition) is 2. The number of halogens is 1. The highest BCUT2D eigenvalue weighted by Gasteiger charge is 2.25. The molecule has 3 rings (SSSR count). The summed E-state index contributed by atoms with van der Waals surface area (Å²) in [7, 11) is 0. The van der Waals surface area contributed by atoms with Crippen LogP contribution in [0, 0.1) is 6.92 Å². The molecule has 0 bridgehead atoms. The molecule has 1 aromatic carbocycles. The van der Waals surface area contributed by atoms with Crippen LogP contribution in [0.1, 0.15) is 24.4 Å². The van der Waals surface area contributed by atoms with Gasteiger partial charge in [0.2, 0.25) is 5.95 Å². The fourth-order valence-electron chi connectivity index (χ4n) is 1.91. The Hall–Kier alpha value is -1.29.